The predicted molar refractivity (Wildman–Crippen MR) is 84.9 cm³/mol. The first-order chi connectivity index (χ1) is 11.1. The monoisotopic (exact) mass is 312 g/mol. The maximum absolute atomic E-state index is 14.2. The molecule has 0 saturated heterocycles. The van der Waals surface area contributed by atoms with Crippen LogP contribution in [0.25, 0.3) is 5.69 Å². The Labute approximate surface area is 133 Å². The van der Waals surface area contributed by atoms with Crippen molar-refractivity contribution in [2.45, 2.75) is 19.5 Å². The van der Waals surface area contributed by atoms with Gasteiger partial charge < -0.3 is 14.5 Å². The second-order valence-electron chi connectivity index (χ2n) is 5.39. The smallest absolute Gasteiger partial charge is 0.251 e. The van der Waals surface area contributed by atoms with E-state index in [1.165, 1.54) is 6.07 Å². The van der Waals surface area contributed by atoms with Crippen LogP contribution in [-0.4, -0.2) is 26.1 Å². The predicted octanol–water partition coefficient (Wildman–Crippen LogP) is 2.63. The number of imidazole rings is 1. The second-order valence-corrected chi connectivity index (χ2v) is 5.39. The molecule has 0 aliphatic carbocycles. The summed E-state index contributed by atoms with van der Waals surface area (Å²) in [5, 5.41) is 2.85. The molecule has 1 N–H and O–H groups in total. The van der Waals surface area contributed by atoms with Crippen LogP contribution in [0, 0.1) is 5.82 Å². The van der Waals surface area contributed by atoms with Gasteiger partial charge in [-0.15, -0.1) is 0 Å². The first-order valence-electron chi connectivity index (χ1n) is 7.33. The van der Waals surface area contributed by atoms with Crippen molar-refractivity contribution >= 4 is 5.91 Å². The van der Waals surface area contributed by atoms with E-state index in [1.54, 1.807) is 41.6 Å². The SMILES string of the molecule is C[C@@H](Cn1ccnc1)NC(=O)c1ccc(-n2cccc2)c(F)c1. The Kier molecular flexibility index (Phi) is 4.23. The van der Waals surface area contributed by atoms with Gasteiger partial charge in [-0.2, -0.15) is 0 Å². The first kappa shape index (κ1) is 15.0. The number of aromatic nitrogens is 3. The summed E-state index contributed by atoms with van der Waals surface area (Å²) < 4.78 is 17.7. The number of rotatable bonds is 5. The Morgan fingerprint density at radius 3 is 2.74 bits per heavy atom. The molecule has 0 aliphatic heterocycles. The molecule has 3 aromatic rings. The van der Waals surface area contributed by atoms with Gasteiger partial charge in [-0.3, -0.25) is 4.79 Å². The molecule has 2 heterocycles. The third kappa shape index (κ3) is 3.48. The van der Waals surface area contributed by atoms with Crippen molar-refractivity contribution in [1.29, 1.82) is 0 Å². The zero-order valence-electron chi connectivity index (χ0n) is 12.7. The number of hydrogen-bond acceptors (Lipinski definition) is 2. The molecule has 1 atom stereocenters. The van der Waals surface area contributed by atoms with Crippen LogP contribution >= 0.6 is 0 Å². The lowest BCUT2D eigenvalue weighted by Gasteiger charge is -2.15. The largest absolute Gasteiger partial charge is 0.348 e. The fourth-order valence-electron chi connectivity index (χ4n) is 2.42. The van der Waals surface area contributed by atoms with Gasteiger partial charge in [0.05, 0.1) is 12.0 Å². The molecule has 0 bridgehead atoms. The van der Waals surface area contributed by atoms with Crippen LogP contribution in [0.5, 0.6) is 0 Å². The van der Waals surface area contributed by atoms with E-state index in [0.29, 0.717) is 17.8 Å². The summed E-state index contributed by atoms with van der Waals surface area (Å²) in [5.41, 5.74) is 0.717. The van der Waals surface area contributed by atoms with E-state index in [0.717, 1.165) is 0 Å². The first-order valence-corrected chi connectivity index (χ1v) is 7.33. The zero-order valence-corrected chi connectivity index (χ0v) is 12.7. The van der Waals surface area contributed by atoms with Gasteiger partial charge in [0.1, 0.15) is 5.82 Å². The molecule has 0 fully saturated rings. The van der Waals surface area contributed by atoms with Crippen molar-refractivity contribution in [1.82, 2.24) is 19.4 Å². The highest BCUT2D eigenvalue weighted by Gasteiger charge is 2.13. The minimum absolute atomic E-state index is 0.0936. The van der Waals surface area contributed by atoms with E-state index < -0.39 is 5.82 Å². The molecular formula is C17H17FN4O. The van der Waals surface area contributed by atoms with Crippen molar-refractivity contribution in [3.05, 3.63) is 72.8 Å². The number of hydrogen-bond donors (Lipinski definition) is 1. The standard InChI is InChI=1S/C17H17FN4O/c1-13(11-21-9-6-19-12-21)20-17(23)14-4-5-16(15(18)10-14)22-7-2-3-8-22/h2-10,12-13H,11H2,1H3,(H,20,23)/t13-/m0/s1. The number of benzene rings is 1. The van der Waals surface area contributed by atoms with Gasteiger partial charge >= 0.3 is 0 Å². The Hall–Kier alpha value is -2.89. The Balaban J connectivity index is 1.69. The van der Waals surface area contributed by atoms with Gasteiger partial charge in [-0.05, 0) is 37.3 Å². The third-order valence-electron chi connectivity index (χ3n) is 3.51. The summed E-state index contributed by atoms with van der Waals surface area (Å²) in [6.07, 6.45) is 8.71. The molecule has 5 nitrogen and oxygen atoms in total. The Morgan fingerprint density at radius 1 is 1.30 bits per heavy atom. The minimum Gasteiger partial charge on any atom is -0.348 e. The zero-order chi connectivity index (χ0) is 16.2. The van der Waals surface area contributed by atoms with Gasteiger partial charge in [0, 0.05) is 42.9 Å². The van der Waals surface area contributed by atoms with Gasteiger partial charge in [0.25, 0.3) is 5.91 Å². The Bertz CT molecular complexity index is 781. The summed E-state index contributed by atoms with van der Waals surface area (Å²) in [6.45, 7) is 2.50. The molecule has 0 unspecified atom stereocenters. The van der Waals surface area contributed by atoms with Gasteiger partial charge in [0.15, 0.2) is 0 Å². The number of amides is 1. The third-order valence-corrected chi connectivity index (χ3v) is 3.51. The van der Waals surface area contributed by atoms with Crippen molar-refractivity contribution in [2.75, 3.05) is 0 Å². The highest BCUT2D eigenvalue weighted by molar-refractivity contribution is 5.94. The number of carbonyl (C=O) groups excluding carboxylic acids is 1. The van der Waals surface area contributed by atoms with Crippen LogP contribution in [0.1, 0.15) is 17.3 Å². The van der Waals surface area contributed by atoms with E-state index in [4.69, 9.17) is 0 Å². The van der Waals surface area contributed by atoms with Crippen LogP contribution in [0.15, 0.2) is 61.4 Å². The van der Waals surface area contributed by atoms with Crippen molar-refractivity contribution in [2.24, 2.45) is 0 Å². The fraction of sp³-hybridized carbons (Fsp3) is 0.176. The van der Waals surface area contributed by atoms with Crippen molar-refractivity contribution in [3.8, 4) is 5.69 Å². The molecular weight excluding hydrogens is 295 g/mol. The summed E-state index contributed by atoms with van der Waals surface area (Å²) in [5.74, 6) is -0.730. The average molecular weight is 312 g/mol. The van der Waals surface area contributed by atoms with Gasteiger partial charge in [-0.1, -0.05) is 0 Å². The summed E-state index contributed by atoms with van der Waals surface area (Å²) >= 11 is 0. The van der Waals surface area contributed by atoms with Crippen molar-refractivity contribution < 1.29 is 9.18 Å². The molecule has 118 valence electrons. The van der Waals surface area contributed by atoms with E-state index in [-0.39, 0.29) is 11.9 Å². The van der Waals surface area contributed by atoms with E-state index >= 15 is 0 Å². The number of nitrogens with zero attached hydrogens (tertiary/aromatic N) is 3. The molecule has 0 saturated carbocycles. The average Bonchev–Trinajstić information content (AvgIpc) is 3.20. The molecule has 2 aromatic heterocycles. The molecule has 23 heavy (non-hydrogen) atoms. The molecule has 0 aliphatic rings. The molecule has 3 rings (SSSR count). The quantitative estimate of drug-likeness (QED) is 0.787. The lowest BCUT2D eigenvalue weighted by molar-refractivity contribution is 0.0936. The highest BCUT2D eigenvalue weighted by Crippen LogP contribution is 2.15. The van der Waals surface area contributed by atoms with E-state index in [1.807, 2.05) is 29.8 Å². The highest BCUT2D eigenvalue weighted by atomic mass is 19.1. The maximum Gasteiger partial charge on any atom is 0.251 e. The van der Waals surface area contributed by atoms with E-state index in [9.17, 15) is 9.18 Å². The van der Waals surface area contributed by atoms with Crippen molar-refractivity contribution in [3.63, 3.8) is 0 Å². The lowest BCUT2D eigenvalue weighted by Crippen LogP contribution is -2.35. The topological polar surface area (TPSA) is 51.9 Å². The second kappa shape index (κ2) is 6.48. The molecule has 6 heteroatoms. The van der Waals surface area contributed by atoms with Crippen LogP contribution < -0.4 is 5.32 Å². The fourth-order valence-corrected chi connectivity index (χ4v) is 2.42. The molecule has 0 radical (unpaired) electrons. The van der Waals surface area contributed by atoms with Gasteiger partial charge in [-0.25, -0.2) is 9.37 Å². The lowest BCUT2D eigenvalue weighted by atomic mass is 10.1. The molecule has 1 aromatic carbocycles. The van der Waals surface area contributed by atoms with E-state index in [2.05, 4.69) is 10.3 Å². The number of nitrogens with one attached hydrogen (secondary N) is 1. The summed E-state index contributed by atoms with van der Waals surface area (Å²) in [7, 11) is 0. The van der Waals surface area contributed by atoms with Crippen LogP contribution in [0.2, 0.25) is 0 Å². The normalized spacial score (nSPS) is 12.1. The van der Waals surface area contributed by atoms with Crippen LogP contribution in [0.3, 0.4) is 0 Å². The Morgan fingerprint density at radius 2 is 2.09 bits per heavy atom. The minimum atomic E-state index is -0.434. The summed E-state index contributed by atoms with van der Waals surface area (Å²) in [4.78, 5) is 16.2. The molecule has 1 amide bonds. The number of halogens is 1. The maximum atomic E-state index is 14.2. The van der Waals surface area contributed by atoms with Crippen LogP contribution in [0.4, 0.5) is 4.39 Å². The van der Waals surface area contributed by atoms with Crippen LogP contribution in [-0.2, 0) is 6.54 Å². The number of carbonyl (C=O) groups is 1. The summed E-state index contributed by atoms with van der Waals surface area (Å²) in [6, 6.07) is 8.02. The molecule has 0 spiro atoms. The van der Waals surface area contributed by atoms with Gasteiger partial charge in [0.2, 0.25) is 0 Å².